The average molecular weight is 272 g/mol. The van der Waals surface area contributed by atoms with Gasteiger partial charge in [0, 0.05) is 5.41 Å². The first-order valence-electron chi connectivity index (χ1n) is 8.02. The third-order valence-electron chi connectivity index (χ3n) is 6.13. The summed E-state index contributed by atoms with van der Waals surface area (Å²) in [5, 5.41) is 9.19. The molecule has 0 saturated heterocycles. The summed E-state index contributed by atoms with van der Waals surface area (Å²) >= 11 is 0. The quantitative estimate of drug-likeness (QED) is 0.784. The van der Waals surface area contributed by atoms with Gasteiger partial charge in [-0.1, -0.05) is 41.5 Å². The van der Waals surface area contributed by atoms with E-state index in [0.29, 0.717) is 16.7 Å². The predicted molar refractivity (Wildman–Crippen MR) is 82.9 cm³/mol. The van der Waals surface area contributed by atoms with Crippen molar-refractivity contribution in [3.63, 3.8) is 0 Å². The van der Waals surface area contributed by atoms with Crippen LogP contribution in [-0.2, 0) is 11.8 Å². The molecule has 0 aromatic carbocycles. The fourth-order valence-corrected chi connectivity index (χ4v) is 4.24. The third-order valence-corrected chi connectivity index (χ3v) is 6.13. The molecule has 2 unspecified atom stereocenters. The zero-order chi connectivity index (χ0) is 14.8. The maximum atomic E-state index is 4.66. The van der Waals surface area contributed by atoms with E-state index in [4.69, 9.17) is 0 Å². The van der Waals surface area contributed by atoms with Crippen LogP contribution in [0.2, 0.25) is 0 Å². The van der Waals surface area contributed by atoms with Crippen molar-refractivity contribution in [2.24, 2.45) is 10.8 Å². The summed E-state index contributed by atoms with van der Waals surface area (Å²) in [5.74, 6) is 0.686. The zero-order valence-electron chi connectivity index (χ0n) is 13.9. The molecule has 0 N–H and O–H groups in total. The van der Waals surface area contributed by atoms with Crippen LogP contribution in [0.1, 0.15) is 83.7 Å². The number of fused-ring (bicyclic) bond motifs is 5. The fraction of sp³-hybridized carbons (Fsp3) is 0.778. The SMILES string of the molecule is CC(C)(C)CCc1cc2c(nn1)C1(C)CCC2C1(C)C. The lowest BCUT2D eigenvalue weighted by molar-refractivity contribution is 0.226. The summed E-state index contributed by atoms with van der Waals surface area (Å²) in [6.45, 7) is 14.1. The molecule has 1 aromatic rings. The molecule has 2 aliphatic carbocycles. The Labute approximate surface area is 123 Å². The lowest BCUT2D eigenvalue weighted by Crippen LogP contribution is -2.32. The van der Waals surface area contributed by atoms with Crippen LogP contribution in [0, 0.1) is 10.8 Å². The smallest absolute Gasteiger partial charge is 0.0730 e. The summed E-state index contributed by atoms with van der Waals surface area (Å²) in [7, 11) is 0. The van der Waals surface area contributed by atoms with E-state index in [9.17, 15) is 0 Å². The molecule has 1 aromatic heterocycles. The van der Waals surface area contributed by atoms with E-state index in [1.165, 1.54) is 36.2 Å². The minimum atomic E-state index is 0.239. The Morgan fingerprint density at radius 1 is 1.20 bits per heavy atom. The van der Waals surface area contributed by atoms with E-state index < -0.39 is 0 Å². The summed E-state index contributed by atoms with van der Waals surface area (Å²) in [4.78, 5) is 0. The standard InChI is InChI=1S/C18H28N2/c1-16(2,3)9-7-12-11-13-14-8-10-18(6,17(14,4)5)15(13)20-19-12/h11,14H,7-10H2,1-6H3. The Morgan fingerprint density at radius 3 is 2.55 bits per heavy atom. The molecule has 0 spiro atoms. The Kier molecular flexibility index (Phi) is 2.84. The van der Waals surface area contributed by atoms with Crippen molar-refractivity contribution >= 4 is 0 Å². The molecule has 20 heavy (non-hydrogen) atoms. The molecule has 2 aliphatic rings. The number of nitrogens with zero attached hydrogens (tertiary/aromatic N) is 2. The van der Waals surface area contributed by atoms with Gasteiger partial charge in [0.2, 0.25) is 0 Å². The van der Waals surface area contributed by atoms with E-state index in [1.807, 2.05) is 0 Å². The Bertz CT molecular complexity index is 539. The highest BCUT2D eigenvalue weighted by Gasteiger charge is 2.60. The molecule has 2 nitrogen and oxygen atoms in total. The second-order valence-corrected chi connectivity index (χ2v) is 8.85. The highest BCUT2D eigenvalue weighted by Crippen LogP contribution is 2.66. The van der Waals surface area contributed by atoms with Crippen LogP contribution in [0.25, 0.3) is 0 Å². The van der Waals surface area contributed by atoms with Crippen molar-refractivity contribution < 1.29 is 0 Å². The normalized spacial score (nSPS) is 30.6. The van der Waals surface area contributed by atoms with E-state index >= 15 is 0 Å². The Morgan fingerprint density at radius 2 is 1.90 bits per heavy atom. The first-order chi connectivity index (χ1) is 9.15. The molecule has 110 valence electrons. The minimum Gasteiger partial charge on any atom is -0.155 e. The molecule has 0 aliphatic heterocycles. The molecule has 0 amide bonds. The summed E-state index contributed by atoms with van der Waals surface area (Å²) in [6, 6.07) is 2.37. The van der Waals surface area contributed by atoms with Crippen LogP contribution in [0.15, 0.2) is 6.07 Å². The van der Waals surface area contributed by atoms with Crippen LogP contribution >= 0.6 is 0 Å². The first-order valence-corrected chi connectivity index (χ1v) is 8.02. The predicted octanol–water partition coefficient (Wildman–Crippen LogP) is 4.63. The van der Waals surface area contributed by atoms with Crippen LogP contribution in [0.4, 0.5) is 0 Å². The van der Waals surface area contributed by atoms with Gasteiger partial charge in [-0.3, -0.25) is 0 Å². The molecule has 1 fully saturated rings. The van der Waals surface area contributed by atoms with Gasteiger partial charge in [0.05, 0.1) is 11.4 Å². The lowest BCUT2D eigenvalue weighted by atomic mass is 9.70. The van der Waals surface area contributed by atoms with Gasteiger partial charge in [-0.15, -0.1) is 0 Å². The maximum Gasteiger partial charge on any atom is 0.0730 e. The summed E-state index contributed by atoms with van der Waals surface area (Å²) in [6.07, 6.45) is 4.81. The number of hydrogen-bond acceptors (Lipinski definition) is 2. The van der Waals surface area contributed by atoms with E-state index in [1.54, 1.807) is 0 Å². The van der Waals surface area contributed by atoms with Gasteiger partial charge in [-0.2, -0.15) is 10.2 Å². The number of aromatic nitrogens is 2. The molecule has 3 rings (SSSR count). The highest BCUT2D eigenvalue weighted by molar-refractivity contribution is 5.45. The van der Waals surface area contributed by atoms with Gasteiger partial charge >= 0.3 is 0 Å². The monoisotopic (exact) mass is 272 g/mol. The van der Waals surface area contributed by atoms with Crippen molar-refractivity contribution in [3.05, 3.63) is 23.0 Å². The van der Waals surface area contributed by atoms with Crippen molar-refractivity contribution in [2.75, 3.05) is 0 Å². The largest absolute Gasteiger partial charge is 0.155 e. The van der Waals surface area contributed by atoms with Gasteiger partial charge in [-0.25, -0.2) is 0 Å². The van der Waals surface area contributed by atoms with Crippen LogP contribution in [0.5, 0.6) is 0 Å². The molecule has 1 saturated carbocycles. The van der Waals surface area contributed by atoms with E-state index in [2.05, 4.69) is 57.8 Å². The average Bonchev–Trinajstić information content (AvgIpc) is 2.66. The first kappa shape index (κ1) is 14.0. The van der Waals surface area contributed by atoms with Crippen molar-refractivity contribution in [1.82, 2.24) is 10.2 Å². The van der Waals surface area contributed by atoms with Crippen LogP contribution < -0.4 is 0 Å². The van der Waals surface area contributed by atoms with Crippen molar-refractivity contribution in [2.45, 2.75) is 78.6 Å². The fourth-order valence-electron chi connectivity index (χ4n) is 4.24. The topological polar surface area (TPSA) is 25.8 Å². The van der Waals surface area contributed by atoms with Gasteiger partial charge in [0.25, 0.3) is 0 Å². The second-order valence-electron chi connectivity index (χ2n) is 8.85. The maximum absolute atomic E-state index is 4.66. The van der Waals surface area contributed by atoms with Crippen LogP contribution in [0.3, 0.4) is 0 Å². The molecule has 2 atom stereocenters. The van der Waals surface area contributed by atoms with Crippen molar-refractivity contribution in [1.29, 1.82) is 0 Å². The summed E-state index contributed by atoms with van der Waals surface area (Å²) in [5.41, 5.74) is 4.92. The van der Waals surface area contributed by atoms with Gasteiger partial charge in [-0.05, 0) is 54.1 Å². The molecule has 0 radical (unpaired) electrons. The Hall–Kier alpha value is -0.920. The molecule has 2 bridgehead atoms. The molecular weight excluding hydrogens is 244 g/mol. The number of aryl methyl sites for hydroxylation is 1. The summed E-state index contributed by atoms with van der Waals surface area (Å²) < 4.78 is 0. The third kappa shape index (κ3) is 1.83. The molecule has 1 heterocycles. The molecular formula is C18H28N2. The second kappa shape index (κ2) is 4.05. The van der Waals surface area contributed by atoms with E-state index in [-0.39, 0.29) is 5.41 Å². The minimum absolute atomic E-state index is 0.239. The van der Waals surface area contributed by atoms with Crippen LogP contribution in [-0.4, -0.2) is 10.2 Å². The Balaban J connectivity index is 1.92. The lowest BCUT2D eigenvalue weighted by Gasteiger charge is -2.33. The number of hydrogen-bond donors (Lipinski definition) is 0. The number of rotatable bonds is 2. The zero-order valence-corrected chi connectivity index (χ0v) is 13.9. The molecule has 2 heteroatoms. The highest BCUT2D eigenvalue weighted by atomic mass is 15.1. The van der Waals surface area contributed by atoms with Crippen molar-refractivity contribution in [3.8, 4) is 0 Å². The van der Waals surface area contributed by atoms with Gasteiger partial charge in [0.1, 0.15) is 0 Å². The van der Waals surface area contributed by atoms with Gasteiger partial charge in [0.15, 0.2) is 0 Å². The van der Waals surface area contributed by atoms with Gasteiger partial charge < -0.3 is 0 Å². The van der Waals surface area contributed by atoms with E-state index in [0.717, 1.165) is 6.42 Å².